The molecule has 1 aliphatic rings. The average Bonchev–Trinajstić information content (AvgIpc) is 3.35. The van der Waals surface area contributed by atoms with E-state index in [2.05, 4.69) is 25.5 Å². The third-order valence-corrected chi connectivity index (χ3v) is 4.84. The van der Waals surface area contributed by atoms with Crippen LogP contribution in [0.1, 0.15) is 17.5 Å². The zero-order valence-electron chi connectivity index (χ0n) is 16.1. The largest absolute Gasteiger partial charge is 0.416 e. The number of hydrogen-bond donors (Lipinski definition) is 2. The summed E-state index contributed by atoms with van der Waals surface area (Å²) in [5.74, 6) is -0.970. The van der Waals surface area contributed by atoms with Crippen LogP contribution >= 0.6 is 0 Å². The van der Waals surface area contributed by atoms with Crippen molar-refractivity contribution in [2.24, 2.45) is 5.92 Å². The summed E-state index contributed by atoms with van der Waals surface area (Å²) in [6.45, 7) is 0.0927. The molecule has 2 amide bonds. The molecule has 1 fully saturated rings. The van der Waals surface area contributed by atoms with Gasteiger partial charge in [-0.2, -0.15) is 18.2 Å². The Morgan fingerprint density at radius 3 is 2.81 bits per heavy atom. The first-order valence-electron chi connectivity index (χ1n) is 9.38. The monoisotopic (exact) mass is 430 g/mol. The Kier molecular flexibility index (Phi) is 5.40. The highest BCUT2D eigenvalue weighted by molar-refractivity contribution is 5.96. The number of H-pyrrole nitrogens is 1. The van der Waals surface area contributed by atoms with Gasteiger partial charge in [-0.3, -0.25) is 25.0 Å². The first kappa shape index (κ1) is 20.5. The number of amides is 2. The summed E-state index contributed by atoms with van der Waals surface area (Å²) < 4.78 is 38.7. The minimum atomic E-state index is -4.46. The van der Waals surface area contributed by atoms with Crippen LogP contribution in [0.15, 0.2) is 48.7 Å². The predicted molar refractivity (Wildman–Crippen MR) is 103 cm³/mol. The zero-order valence-corrected chi connectivity index (χ0v) is 16.1. The van der Waals surface area contributed by atoms with Gasteiger partial charge in [0.05, 0.1) is 11.5 Å². The molecule has 1 aromatic carbocycles. The van der Waals surface area contributed by atoms with E-state index < -0.39 is 23.6 Å². The maximum absolute atomic E-state index is 12.9. The fraction of sp³-hybridized carbons (Fsp3) is 0.250. The maximum Gasteiger partial charge on any atom is 0.416 e. The van der Waals surface area contributed by atoms with Crippen molar-refractivity contribution >= 4 is 17.8 Å². The van der Waals surface area contributed by atoms with Gasteiger partial charge in [0.1, 0.15) is 5.69 Å². The van der Waals surface area contributed by atoms with Gasteiger partial charge in [-0.05, 0) is 29.8 Å². The number of nitrogens with zero attached hydrogens (tertiary/aromatic N) is 4. The molecule has 2 aromatic heterocycles. The van der Waals surface area contributed by atoms with Crippen molar-refractivity contribution < 1.29 is 22.8 Å². The lowest BCUT2D eigenvalue weighted by Crippen LogP contribution is -2.28. The number of pyridine rings is 1. The molecule has 3 aromatic rings. The van der Waals surface area contributed by atoms with Gasteiger partial charge in [0, 0.05) is 25.7 Å². The number of carbonyl (C=O) groups excluding carboxylic acids is 2. The molecular formula is C20H17F3N6O2. The van der Waals surface area contributed by atoms with Crippen molar-refractivity contribution in [3.05, 3.63) is 59.8 Å². The molecule has 31 heavy (non-hydrogen) atoms. The molecule has 4 rings (SSSR count). The highest BCUT2D eigenvalue weighted by atomic mass is 19.4. The van der Waals surface area contributed by atoms with Gasteiger partial charge < -0.3 is 4.90 Å². The lowest BCUT2D eigenvalue weighted by atomic mass is 10.1. The van der Waals surface area contributed by atoms with Crippen LogP contribution in [0.4, 0.5) is 19.1 Å². The van der Waals surface area contributed by atoms with E-state index in [9.17, 15) is 22.8 Å². The predicted octanol–water partition coefficient (Wildman–Crippen LogP) is 2.87. The van der Waals surface area contributed by atoms with E-state index in [1.807, 2.05) is 0 Å². The molecule has 1 aliphatic heterocycles. The lowest BCUT2D eigenvalue weighted by molar-refractivity contribution is -0.137. The molecule has 1 atom stereocenters. The third kappa shape index (κ3) is 4.71. The third-order valence-electron chi connectivity index (χ3n) is 4.84. The summed E-state index contributed by atoms with van der Waals surface area (Å²) in [6.07, 6.45) is -2.90. The van der Waals surface area contributed by atoms with Crippen molar-refractivity contribution in [3.8, 4) is 11.5 Å². The summed E-state index contributed by atoms with van der Waals surface area (Å²) in [6, 6.07) is 10.1. The van der Waals surface area contributed by atoms with Crippen molar-refractivity contribution in [1.82, 2.24) is 25.1 Å². The smallest absolute Gasteiger partial charge is 0.338 e. The van der Waals surface area contributed by atoms with Crippen LogP contribution < -0.4 is 5.32 Å². The van der Waals surface area contributed by atoms with E-state index in [-0.39, 0.29) is 31.4 Å². The number of benzene rings is 1. The Bertz CT molecular complexity index is 1100. The molecule has 3 heterocycles. The molecule has 0 spiro atoms. The second-order valence-corrected chi connectivity index (χ2v) is 7.09. The molecule has 1 saturated heterocycles. The van der Waals surface area contributed by atoms with Gasteiger partial charge >= 0.3 is 6.18 Å². The fourth-order valence-corrected chi connectivity index (χ4v) is 3.31. The Morgan fingerprint density at radius 1 is 1.23 bits per heavy atom. The van der Waals surface area contributed by atoms with E-state index in [1.54, 1.807) is 24.4 Å². The molecule has 0 bridgehead atoms. The summed E-state index contributed by atoms with van der Waals surface area (Å²) in [7, 11) is 0. The lowest BCUT2D eigenvalue weighted by Gasteiger charge is -2.17. The number of carbonyl (C=O) groups is 2. The van der Waals surface area contributed by atoms with Gasteiger partial charge in [-0.25, -0.2) is 0 Å². The number of rotatable bonds is 5. The van der Waals surface area contributed by atoms with E-state index in [4.69, 9.17) is 0 Å². The molecule has 0 aliphatic carbocycles. The highest BCUT2D eigenvalue weighted by Gasteiger charge is 2.35. The number of aromatic nitrogens is 4. The minimum absolute atomic E-state index is 0.00296. The van der Waals surface area contributed by atoms with Crippen LogP contribution in [0.3, 0.4) is 0 Å². The topological polar surface area (TPSA) is 104 Å². The quantitative estimate of drug-likeness (QED) is 0.648. The van der Waals surface area contributed by atoms with Crippen molar-refractivity contribution in [3.63, 3.8) is 0 Å². The Balaban J connectivity index is 1.38. The molecule has 160 valence electrons. The summed E-state index contributed by atoms with van der Waals surface area (Å²) in [5, 5.41) is 9.17. The van der Waals surface area contributed by atoms with Gasteiger partial charge in [0.15, 0.2) is 5.82 Å². The SMILES string of the molecule is O=C(Nc1n[nH]c(-c2ccccn2)n1)[C@H]1CC(=O)N(Cc2cccc(C(F)(F)F)c2)C1. The molecule has 11 heteroatoms. The molecule has 0 radical (unpaired) electrons. The number of aromatic amines is 1. The van der Waals surface area contributed by atoms with Gasteiger partial charge in [-0.15, -0.1) is 5.10 Å². The van der Waals surface area contributed by atoms with Crippen LogP contribution in [0.25, 0.3) is 11.5 Å². The van der Waals surface area contributed by atoms with Crippen LogP contribution in [0.5, 0.6) is 0 Å². The van der Waals surface area contributed by atoms with E-state index in [0.717, 1.165) is 12.1 Å². The number of hydrogen-bond acceptors (Lipinski definition) is 5. The number of nitrogens with one attached hydrogen (secondary N) is 2. The van der Waals surface area contributed by atoms with E-state index >= 15 is 0 Å². The number of alkyl halides is 3. The first-order chi connectivity index (χ1) is 14.8. The fourth-order valence-electron chi connectivity index (χ4n) is 3.31. The number of likely N-dealkylation sites (tertiary alicyclic amines) is 1. The van der Waals surface area contributed by atoms with Gasteiger partial charge in [-0.1, -0.05) is 18.2 Å². The Morgan fingerprint density at radius 2 is 2.06 bits per heavy atom. The summed E-state index contributed by atoms with van der Waals surface area (Å²) in [5.41, 5.74) is 0.122. The van der Waals surface area contributed by atoms with Crippen molar-refractivity contribution in [2.75, 3.05) is 11.9 Å². The Labute approximate surface area is 174 Å². The summed E-state index contributed by atoms with van der Waals surface area (Å²) >= 11 is 0. The molecule has 2 N–H and O–H groups in total. The van der Waals surface area contributed by atoms with E-state index in [0.29, 0.717) is 17.1 Å². The second kappa shape index (κ2) is 8.17. The summed E-state index contributed by atoms with van der Waals surface area (Å²) in [4.78, 5) is 34.5. The average molecular weight is 430 g/mol. The number of halogens is 3. The highest BCUT2D eigenvalue weighted by Crippen LogP contribution is 2.30. The molecule has 8 nitrogen and oxygen atoms in total. The van der Waals surface area contributed by atoms with Crippen LogP contribution in [-0.4, -0.2) is 43.4 Å². The normalized spacial score (nSPS) is 16.5. The molecular weight excluding hydrogens is 413 g/mol. The first-order valence-corrected chi connectivity index (χ1v) is 9.38. The number of anilines is 1. The maximum atomic E-state index is 12.9. The van der Waals surface area contributed by atoms with Crippen LogP contribution in [0, 0.1) is 5.92 Å². The van der Waals surface area contributed by atoms with Gasteiger partial charge in [0.25, 0.3) is 0 Å². The zero-order chi connectivity index (χ0) is 22.0. The van der Waals surface area contributed by atoms with Crippen LogP contribution in [0.2, 0.25) is 0 Å². The second-order valence-electron chi connectivity index (χ2n) is 7.09. The van der Waals surface area contributed by atoms with Crippen LogP contribution in [-0.2, 0) is 22.3 Å². The Hall–Kier alpha value is -3.76. The van der Waals surface area contributed by atoms with Gasteiger partial charge in [0.2, 0.25) is 17.8 Å². The van der Waals surface area contributed by atoms with E-state index in [1.165, 1.54) is 17.0 Å². The molecule has 0 unspecified atom stereocenters. The molecule has 0 saturated carbocycles. The van der Waals surface area contributed by atoms with Crippen molar-refractivity contribution in [2.45, 2.75) is 19.1 Å². The standard InChI is InChI=1S/C20H17F3N6O2/c21-20(22,23)14-5-3-4-12(8-14)10-29-11-13(9-16(29)30)18(31)26-19-25-17(27-28-19)15-6-1-2-7-24-15/h1-8,13H,9-11H2,(H2,25,26,27,28,31)/t13-/m0/s1. The van der Waals surface area contributed by atoms with Crippen molar-refractivity contribution in [1.29, 1.82) is 0 Å². The minimum Gasteiger partial charge on any atom is -0.338 e.